The Balaban J connectivity index is 2.28. The number of anilines is 1. The van der Waals surface area contributed by atoms with Crippen LogP contribution in [0.1, 0.15) is 12.5 Å². The molecule has 0 saturated carbocycles. The van der Waals surface area contributed by atoms with Crippen molar-refractivity contribution in [2.45, 2.75) is 6.92 Å². The molecule has 0 aliphatic rings. The lowest BCUT2D eigenvalue weighted by Gasteiger charge is -2.10. The zero-order chi connectivity index (χ0) is 20.7. The molecule has 0 atom stereocenters. The number of nitrogens with zero attached hydrogens (tertiary/aromatic N) is 2. The maximum Gasteiger partial charge on any atom is 0.289 e. The number of ether oxygens (including phenoxy) is 2. The summed E-state index contributed by atoms with van der Waals surface area (Å²) in [6.45, 7) is 2.30. The molecule has 9 heteroatoms. The predicted molar refractivity (Wildman–Crippen MR) is 104 cm³/mol. The zero-order valence-electron chi connectivity index (χ0n) is 15.1. The average Bonchev–Trinajstić information content (AvgIpc) is 2.68. The zero-order valence-corrected chi connectivity index (χ0v) is 15.8. The summed E-state index contributed by atoms with van der Waals surface area (Å²) in [4.78, 5) is 22.7. The van der Waals surface area contributed by atoms with Crippen LogP contribution in [0.4, 0.5) is 11.4 Å². The second kappa shape index (κ2) is 9.39. The Hall–Kier alpha value is -3.57. The summed E-state index contributed by atoms with van der Waals surface area (Å²) in [5.41, 5.74) is 0.155. The van der Waals surface area contributed by atoms with Gasteiger partial charge in [0.05, 0.1) is 18.6 Å². The molecule has 144 valence electrons. The van der Waals surface area contributed by atoms with E-state index in [1.54, 1.807) is 18.2 Å². The van der Waals surface area contributed by atoms with Gasteiger partial charge < -0.3 is 14.8 Å². The van der Waals surface area contributed by atoms with Crippen molar-refractivity contribution in [3.8, 4) is 17.6 Å². The third kappa shape index (κ3) is 4.99. The molecule has 0 aliphatic carbocycles. The molecule has 2 rings (SSSR count). The van der Waals surface area contributed by atoms with Crippen molar-refractivity contribution in [2.24, 2.45) is 0 Å². The molecule has 0 bridgehead atoms. The van der Waals surface area contributed by atoms with E-state index in [1.165, 1.54) is 25.3 Å². The third-order valence-electron chi connectivity index (χ3n) is 3.56. The van der Waals surface area contributed by atoms with Crippen molar-refractivity contribution in [3.63, 3.8) is 0 Å². The lowest BCUT2D eigenvalue weighted by atomic mass is 10.1. The molecule has 8 nitrogen and oxygen atoms in total. The van der Waals surface area contributed by atoms with E-state index in [9.17, 15) is 20.2 Å². The molecule has 1 amide bonds. The van der Waals surface area contributed by atoms with Gasteiger partial charge in [-0.2, -0.15) is 5.26 Å². The number of benzene rings is 2. The Morgan fingerprint density at radius 3 is 2.68 bits per heavy atom. The lowest BCUT2D eigenvalue weighted by molar-refractivity contribution is -0.384. The van der Waals surface area contributed by atoms with E-state index in [0.717, 1.165) is 6.07 Å². The number of nitriles is 1. The van der Waals surface area contributed by atoms with Gasteiger partial charge in [-0.1, -0.05) is 17.7 Å². The Morgan fingerprint density at radius 2 is 2.07 bits per heavy atom. The van der Waals surface area contributed by atoms with E-state index < -0.39 is 10.8 Å². The van der Waals surface area contributed by atoms with E-state index in [4.69, 9.17) is 21.1 Å². The van der Waals surface area contributed by atoms with Crippen molar-refractivity contribution >= 4 is 35.0 Å². The molecule has 0 fully saturated rings. The van der Waals surface area contributed by atoms with Gasteiger partial charge in [-0.25, -0.2) is 0 Å². The van der Waals surface area contributed by atoms with Gasteiger partial charge in [0.2, 0.25) is 0 Å². The Labute approximate surface area is 166 Å². The molecule has 1 N–H and O–H groups in total. The number of halogens is 1. The number of carbonyl (C=O) groups excluding carboxylic acids is 1. The molecule has 28 heavy (non-hydrogen) atoms. The van der Waals surface area contributed by atoms with Gasteiger partial charge in [-0.15, -0.1) is 0 Å². The van der Waals surface area contributed by atoms with Crippen molar-refractivity contribution < 1.29 is 19.2 Å². The quantitative estimate of drug-likeness (QED) is 0.322. The van der Waals surface area contributed by atoms with Crippen LogP contribution in [0.25, 0.3) is 6.08 Å². The number of nitro benzene ring substituents is 1. The molecule has 0 unspecified atom stereocenters. The number of carbonyl (C=O) groups is 1. The van der Waals surface area contributed by atoms with Gasteiger partial charge in [0, 0.05) is 11.8 Å². The number of nitro groups is 1. The second-order valence-corrected chi connectivity index (χ2v) is 5.80. The minimum atomic E-state index is -0.716. The highest BCUT2D eigenvalue weighted by Gasteiger charge is 2.16. The first-order chi connectivity index (χ1) is 13.4. The third-order valence-corrected chi connectivity index (χ3v) is 3.88. The Bertz CT molecular complexity index is 982. The van der Waals surface area contributed by atoms with E-state index in [-0.39, 0.29) is 22.0 Å². The van der Waals surface area contributed by atoms with Gasteiger partial charge in [-0.05, 0) is 42.8 Å². The molecule has 0 heterocycles. The highest BCUT2D eigenvalue weighted by molar-refractivity contribution is 6.32. The molecule has 0 radical (unpaired) electrons. The van der Waals surface area contributed by atoms with Crippen molar-refractivity contribution in [3.05, 3.63) is 62.7 Å². The predicted octanol–water partition coefficient (Wildman–Crippen LogP) is 4.20. The fourth-order valence-corrected chi connectivity index (χ4v) is 2.48. The normalized spacial score (nSPS) is 10.7. The van der Waals surface area contributed by atoms with Crippen LogP contribution in [-0.2, 0) is 4.79 Å². The molecule has 0 aliphatic heterocycles. The Kier molecular flexibility index (Phi) is 6.96. The topological polar surface area (TPSA) is 114 Å². The number of nitrogens with one attached hydrogen (secondary N) is 1. The smallest absolute Gasteiger partial charge is 0.289 e. The monoisotopic (exact) mass is 401 g/mol. The fraction of sp³-hybridized carbons (Fsp3) is 0.158. The largest absolute Gasteiger partial charge is 0.493 e. The molecular formula is C19H16ClN3O5. The number of rotatable bonds is 7. The molecule has 0 aromatic heterocycles. The average molecular weight is 402 g/mol. The minimum Gasteiger partial charge on any atom is -0.493 e. The maximum atomic E-state index is 12.4. The van der Waals surface area contributed by atoms with Crippen molar-refractivity contribution in [2.75, 3.05) is 19.0 Å². The highest BCUT2D eigenvalue weighted by Crippen LogP contribution is 2.30. The number of hydrogen-bond donors (Lipinski definition) is 1. The summed E-state index contributed by atoms with van der Waals surface area (Å²) < 4.78 is 10.7. The number of methoxy groups -OCH3 is 1. The van der Waals surface area contributed by atoms with Crippen LogP contribution < -0.4 is 14.8 Å². The van der Waals surface area contributed by atoms with Crippen molar-refractivity contribution in [1.29, 1.82) is 5.26 Å². The molecule has 0 spiro atoms. The van der Waals surface area contributed by atoms with Crippen LogP contribution in [0.3, 0.4) is 0 Å². The lowest BCUT2D eigenvalue weighted by Crippen LogP contribution is -2.13. The molecule has 2 aromatic rings. The van der Waals surface area contributed by atoms with Gasteiger partial charge in [0.1, 0.15) is 16.7 Å². The van der Waals surface area contributed by atoms with Crippen LogP contribution in [-0.4, -0.2) is 24.5 Å². The first-order valence-corrected chi connectivity index (χ1v) is 8.45. The van der Waals surface area contributed by atoms with Crippen LogP contribution in [0.5, 0.6) is 11.5 Å². The van der Waals surface area contributed by atoms with Crippen LogP contribution in [0.2, 0.25) is 5.02 Å². The van der Waals surface area contributed by atoms with Gasteiger partial charge >= 0.3 is 0 Å². The fourth-order valence-electron chi connectivity index (χ4n) is 2.29. The van der Waals surface area contributed by atoms with Crippen molar-refractivity contribution in [1.82, 2.24) is 0 Å². The minimum absolute atomic E-state index is 0.0551. The first-order valence-electron chi connectivity index (χ1n) is 8.07. The van der Waals surface area contributed by atoms with E-state index >= 15 is 0 Å². The maximum absolute atomic E-state index is 12.4. The van der Waals surface area contributed by atoms with Crippen LogP contribution >= 0.6 is 11.6 Å². The van der Waals surface area contributed by atoms with Crippen LogP contribution in [0, 0.1) is 21.4 Å². The second-order valence-electron chi connectivity index (χ2n) is 5.39. The van der Waals surface area contributed by atoms with Crippen LogP contribution in [0.15, 0.2) is 42.0 Å². The summed E-state index contributed by atoms with van der Waals surface area (Å²) in [5.74, 6) is 0.284. The summed E-state index contributed by atoms with van der Waals surface area (Å²) in [6.07, 6.45) is 1.37. The van der Waals surface area contributed by atoms with Gasteiger partial charge in [0.15, 0.2) is 11.5 Å². The van der Waals surface area contributed by atoms with E-state index in [1.807, 2.05) is 13.0 Å². The van der Waals surface area contributed by atoms with Gasteiger partial charge in [-0.3, -0.25) is 14.9 Å². The highest BCUT2D eigenvalue weighted by atomic mass is 35.5. The van der Waals surface area contributed by atoms with E-state index in [0.29, 0.717) is 23.7 Å². The van der Waals surface area contributed by atoms with E-state index in [2.05, 4.69) is 5.32 Å². The Morgan fingerprint density at radius 1 is 1.32 bits per heavy atom. The molecule has 2 aromatic carbocycles. The number of amides is 1. The molecule has 0 saturated heterocycles. The summed E-state index contributed by atoms with van der Waals surface area (Å²) in [7, 11) is 1.48. The SMILES string of the molecule is CCOc1ccc(/C=C(\C#N)C(=O)Nc2ccc(Cl)c([N+](=O)[O-])c2)cc1OC. The summed E-state index contributed by atoms with van der Waals surface area (Å²) in [5, 5.41) is 22.7. The number of hydrogen-bond acceptors (Lipinski definition) is 6. The summed E-state index contributed by atoms with van der Waals surface area (Å²) in [6, 6.07) is 10.6. The molecular weight excluding hydrogens is 386 g/mol. The summed E-state index contributed by atoms with van der Waals surface area (Å²) >= 11 is 5.75. The standard InChI is InChI=1S/C19H16ClN3O5/c1-3-28-17-7-4-12(9-18(17)27-2)8-13(11-21)19(24)22-14-5-6-15(20)16(10-14)23(25)26/h4-10H,3H2,1-2H3,(H,22,24)/b13-8+. The first kappa shape index (κ1) is 20.7. The van der Waals surface area contributed by atoms with Gasteiger partial charge in [0.25, 0.3) is 11.6 Å².